The van der Waals surface area contributed by atoms with Crippen LogP contribution in [0.5, 0.6) is 17.5 Å². The highest BCUT2D eigenvalue weighted by molar-refractivity contribution is 6.02. The quantitative estimate of drug-likeness (QED) is 0.0345. The molecule has 4 rings (SSSR count). The second-order valence-corrected chi connectivity index (χ2v) is 11.4. The van der Waals surface area contributed by atoms with Gasteiger partial charge in [-0.2, -0.15) is 9.98 Å². The second-order valence-electron chi connectivity index (χ2n) is 11.4. The number of hydrogen-bond acceptors (Lipinski definition) is 15. The fourth-order valence-electron chi connectivity index (χ4n) is 4.46. The van der Waals surface area contributed by atoms with Crippen molar-refractivity contribution in [3.8, 4) is 23.5 Å². The number of nitrogens with two attached hydrogens (primary N) is 1. The Morgan fingerprint density at radius 3 is 2.41 bits per heavy atom. The molecule has 4 aromatic rings. The first kappa shape index (κ1) is 40.2. The monoisotopic (exact) mass is 752 g/mol. The largest absolute Gasteiger partial charge is 0.511 e. The van der Waals surface area contributed by atoms with Crippen LogP contribution in [0.1, 0.15) is 63.5 Å². The molecule has 0 aliphatic heterocycles. The number of unbranched alkanes of at least 4 members (excludes halogenated alkanes) is 1. The van der Waals surface area contributed by atoms with Crippen molar-refractivity contribution in [3.63, 3.8) is 0 Å². The summed E-state index contributed by atoms with van der Waals surface area (Å²) in [5.74, 6) is -1.44. The number of esters is 1. The van der Waals surface area contributed by atoms with E-state index >= 15 is 4.39 Å². The van der Waals surface area contributed by atoms with Crippen molar-refractivity contribution in [2.45, 2.75) is 52.7 Å². The Morgan fingerprint density at radius 2 is 1.74 bits per heavy atom. The van der Waals surface area contributed by atoms with Crippen LogP contribution in [0.25, 0.3) is 5.95 Å². The Morgan fingerprint density at radius 1 is 1.00 bits per heavy atom. The normalized spacial score (nSPS) is 11.7. The van der Waals surface area contributed by atoms with E-state index in [0.29, 0.717) is 17.7 Å². The average Bonchev–Trinajstić information content (AvgIpc) is 3.57. The van der Waals surface area contributed by atoms with E-state index in [1.165, 1.54) is 38.6 Å². The van der Waals surface area contributed by atoms with Gasteiger partial charge in [0.05, 0.1) is 19.8 Å². The zero-order chi connectivity index (χ0) is 39.0. The van der Waals surface area contributed by atoms with E-state index < -0.39 is 43.0 Å². The Balaban J connectivity index is 1.75. The molecule has 0 fully saturated rings. The number of carbonyl (C=O) groups is 3. The number of aliphatic imine (C=N–C) groups is 1. The van der Waals surface area contributed by atoms with Crippen LogP contribution >= 0.6 is 0 Å². The maximum absolute atomic E-state index is 16.4. The lowest BCUT2D eigenvalue weighted by Gasteiger charge is -2.21. The number of amidine groups is 1. The number of halogens is 1. The predicted molar refractivity (Wildman–Crippen MR) is 189 cm³/mol. The Kier molecular flexibility index (Phi) is 14.8. The first-order valence-corrected chi connectivity index (χ1v) is 16.7. The molecule has 0 saturated carbocycles. The molecular weight excluding hydrogens is 711 g/mol. The molecule has 19 heteroatoms. The molecule has 0 bridgehead atoms. The van der Waals surface area contributed by atoms with Crippen LogP contribution < -0.4 is 25.3 Å². The van der Waals surface area contributed by atoms with Gasteiger partial charge in [-0.1, -0.05) is 13.3 Å². The van der Waals surface area contributed by atoms with Gasteiger partial charge in [0.2, 0.25) is 6.79 Å². The number of anilines is 1. The Hall–Kier alpha value is -6.53. The van der Waals surface area contributed by atoms with E-state index in [1.807, 2.05) is 6.92 Å². The number of benzene rings is 2. The van der Waals surface area contributed by atoms with Crippen LogP contribution in [-0.2, 0) is 23.7 Å². The van der Waals surface area contributed by atoms with Crippen LogP contribution in [0.15, 0.2) is 59.9 Å². The molecule has 2 heterocycles. The highest BCUT2D eigenvalue weighted by Gasteiger charge is 2.29. The van der Waals surface area contributed by atoms with Gasteiger partial charge in [0.15, 0.2) is 17.4 Å². The summed E-state index contributed by atoms with van der Waals surface area (Å²) >= 11 is 0. The Bertz CT molecular complexity index is 1890. The molecule has 54 heavy (non-hydrogen) atoms. The summed E-state index contributed by atoms with van der Waals surface area (Å²) in [7, 11) is 1.39. The minimum absolute atomic E-state index is 0.0303. The SMILES string of the molecule is CCCCOC(=O)N=C(N)c1ccc(NC(c2nc(OCOC(=O)OC(C)C)n(-c3ncccn3)n2)c2cc(OC)cc(OCCOC(C)=O)c2F)cc1. The Labute approximate surface area is 309 Å². The van der Waals surface area contributed by atoms with E-state index in [0.717, 1.165) is 11.1 Å². The fourth-order valence-corrected chi connectivity index (χ4v) is 4.46. The standard InChI is InChI=1S/C35H41FN8O10/c1-6-7-15-51-34(46)41-30(37)23-9-11-24(12-10-23)40-29(26-18-25(48-5)19-27(28(26)36)50-17-16-49-22(4)45)31-42-33(52-20-53-35(47)54-21(2)3)44(43-31)32-38-13-8-14-39-32/h8-14,18-19,21,29,40H,6-7,15-17,20H2,1-5H3,(H2,37,41,46). The number of nitrogens with zero attached hydrogens (tertiary/aromatic N) is 6. The van der Waals surface area contributed by atoms with Crippen molar-refractivity contribution >= 4 is 29.7 Å². The van der Waals surface area contributed by atoms with Crippen molar-refractivity contribution in [2.75, 3.05) is 39.0 Å². The van der Waals surface area contributed by atoms with Crippen molar-refractivity contribution in [1.29, 1.82) is 0 Å². The van der Waals surface area contributed by atoms with Crippen molar-refractivity contribution < 1.29 is 51.9 Å². The van der Waals surface area contributed by atoms with Crippen LogP contribution in [0.3, 0.4) is 0 Å². The van der Waals surface area contributed by atoms with Crippen LogP contribution in [0.4, 0.5) is 19.7 Å². The third-order valence-electron chi connectivity index (χ3n) is 6.95. The molecule has 0 radical (unpaired) electrons. The van der Waals surface area contributed by atoms with Gasteiger partial charge in [0.1, 0.15) is 30.8 Å². The molecule has 2 aromatic heterocycles. The van der Waals surface area contributed by atoms with Crippen molar-refractivity contribution in [3.05, 3.63) is 77.6 Å². The van der Waals surface area contributed by atoms with Crippen molar-refractivity contribution in [1.82, 2.24) is 24.7 Å². The molecule has 0 saturated heterocycles. The van der Waals surface area contributed by atoms with Gasteiger partial charge in [-0.3, -0.25) is 4.79 Å². The van der Waals surface area contributed by atoms with E-state index in [9.17, 15) is 14.4 Å². The summed E-state index contributed by atoms with van der Waals surface area (Å²) in [6, 6.07) is 9.34. The minimum Gasteiger partial charge on any atom is -0.497 e. The molecule has 1 amide bonds. The summed E-state index contributed by atoms with van der Waals surface area (Å²) in [6.45, 7) is 5.82. The number of rotatable bonds is 18. The number of nitrogens with one attached hydrogen (secondary N) is 1. The minimum atomic E-state index is -1.19. The molecule has 0 aliphatic carbocycles. The predicted octanol–water partition coefficient (Wildman–Crippen LogP) is 4.89. The van der Waals surface area contributed by atoms with Crippen LogP contribution in [-0.4, -0.2) is 88.6 Å². The fraction of sp³-hybridized carbons (Fsp3) is 0.371. The van der Waals surface area contributed by atoms with Gasteiger partial charge >= 0.3 is 24.2 Å². The summed E-state index contributed by atoms with van der Waals surface area (Å²) in [5, 5.41) is 7.76. The number of hydrogen-bond donors (Lipinski definition) is 2. The first-order chi connectivity index (χ1) is 26.0. The molecule has 2 aromatic carbocycles. The lowest BCUT2D eigenvalue weighted by Crippen LogP contribution is -2.18. The molecule has 0 spiro atoms. The average molecular weight is 753 g/mol. The van der Waals surface area contributed by atoms with E-state index in [1.54, 1.807) is 44.2 Å². The highest BCUT2D eigenvalue weighted by atomic mass is 19.1. The number of aromatic nitrogens is 5. The van der Waals surface area contributed by atoms with Gasteiger partial charge in [0, 0.05) is 42.2 Å². The zero-order valence-electron chi connectivity index (χ0n) is 30.3. The number of ether oxygens (including phenoxy) is 7. The molecule has 0 aliphatic rings. The van der Waals surface area contributed by atoms with Crippen LogP contribution in [0.2, 0.25) is 0 Å². The zero-order valence-corrected chi connectivity index (χ0v) is 30.3. The lowest BCUT2D eigenvalue weighted by atomic mass is 10.0. The first-order valence-electron chi connectivity index (χ1n) is 16.7. The number of amides is 1. The maximum Gasteiger partial charge on any atom is 0.511 e. The third kappa shape index (κ3) is 11.8. The van der Waals surface area contributed by atoms with E-state index in [4.69, 9.17) is 38.9 Å². The summed E-state index contributed by atoms with van der Waals surface area (Å²) in [4.78, 5) is 52.1. The smallest absolute Gasteiger partial charge is 0.497 e. The van der Waals surface area contributed by atoms with Gasteiger partial charge < -0.3 is 44.2 Å². The number of methoxy groups -OCH3 is 1. The molecule has 3 N–H and O–H groups in total. The summed E-state index contributed by atoms with van der Waals surface area (Å²) < 4.78 is 54.3. The maximum atomic E-state index is 16.4. The van der Waals surface area contributed by atoms with Crippen LogP contribution in [0, 0.1) is 5.82 Å². The van der Waals surface area contributed by atoms with Gasteiger partial charge in [0.25, 0.3) is 5.95 Å². The summed E-state index contributed by atoms with van der Waals surface area (Å²) in [5.41, 5.74) is 6.87. The third-order valence-corrected chi connectivity index (χ3v) is 6.95. The topological polar surface area (TPSA) is 223 Å². The molecule has 18 nitrogen and oxygen atoms in total. The summed E-state index contributed by atoms with van der Waals surface area (Å²) in [6.07, 6.45) is 2.24. The van der Waals surface area contributed by atoms with Gasteiger partial charge in [-0.25, -0.2) is 23.9 Å². The molecular formula is C35H41FN8O10. The molecule has 288 valence electrons. The lowest BCUT2D eigenvalue weighted by molar-refractivity contribution is -0.141. The van der Waals surface area contributed by atoms with Gasteiger partial charge in [-0.05, 0) is 56.7 Å². The van der Waals surface area contributed by atoms with E-state index in [2.05, 4.69) is 30.4 Å². The number of carbonyl (C=O) groups excluding carboxylic acids is 3. The molecule has 1 atom stereocenters. The van der Waals surface area contributed by atoms with Gasteiger partial charge in [-0.15, -0.1) is 9.78 Å². The molecule has 1 unspecified atom stereocenters. The highest BCUT2D eigenvalue weighted by Crippen LogP contribution is 2.36. The van der Waals surface area contributed by atoms with Crippen molar-refractivity contribution in [2.24, 2.45) is 10.7 Å². The van der Waals surface area contributed by atoms with E-state index in [-0.39, 0.29) is 60.5 Å². The second kappa shape index (κ2) is 19.9.